The van der Waals surface area contributed by atoms with Crippen molar-refractivity contribution in [3.63, 3.8) is 0 Å². The Kier molecular flexibility index (Phi) is 29.0. The van der Waals surface area contributed by atoms with E-state index in [4.69, 9.17) is 14.2 Å². The maximum absolute atomic E-state index is 13.4. The quantitative estimate of drug-likeness (QED) is 0.0420. The molecule has 0 amide bonds. The number of unbranched alkanes of at least 4 members (excludes halogenated alkanes) is 24. The first-order valence-corrected chi connectivity index (χ1v) is 20.2. The number of hydrogen-bond donors (Lipinski definition) is 0. The van der Waals surface area contributed by atoms with Crippen molar-refractivity contribution < 1.29 is 28.6 Å². The summed E-state index contributed by atoms with van der Waals surface area (Å²) in [5.41, 5.74) is 0.101. The Bertz CT molecular complexity index is 888. The van der Waals surface area contributed by atoms with Crippen LogP contribution in [0.25, 0.3) is 0 Å². The van der Waals surface area contributed by atoms with Gasteiger partial charge in [0.2, 0.25) is 0 Å². The van der Waals surface area contributed by atoms with Crippen LogP contribution in [0.4, 0.5) is 0 Å². The van der Waals surface area contributed by atoms with Crippen LogP contribution in [0.1, 0.15) is 225 Å². The minimum absolute atomic E-state index is 0.0393. The minimum atomic E-state index is -0.666. The van der Waals surface area contributed by atoms with Gasteiger partial charge in [-0.3, -0.25) is 0 Å². The smallest absolute Gasteiger partial charge is 0.339 e. The summed E-state index contributed by atoms with van der Waals surface area (Å²) in [7, 11) is 0. The highest BCUT2D eigenvalue weighted by atomic mass is 16.5. The molecule has 0 atom stereocenters. The van der Waals surface area contributed by atoms with Crippen LogP contribution in [0.5, 0.6) is 0 Å². The summed E-state index contributed by atoms with van der Waals surface area (Å²) in [6.07, 6.45) is 31.5. The van der Waals surface area contributed by atoms with E-state index in [2.05, 4.69) is 20.8 Å². The molecule has 0 saturated heterocycles. The summed E-state index contributed by atoms with van der Waals surface area (Å²) in [6.45, 7) is 7.51. The van der Waals surface area contributed by atoms with E-state index in [1.807, 2.05) is 0 Å². The van der Waals surface area contributed by atoms with Gasteiger partial charge in [-0.15, -0.1) is 0 Å². The van der Waals surface area contributed by atoms with E-state index < -0.39 is 17.9 Å². The van der Waals surface area contributed by atoms with Crippen LogP contribution in [0, 0.1) is 0 Å². The second kappa shape index (κ2) is 31.9. The maximum Gasteiger partial charge on any atom is 0.339 e. The molecule has 0 bridgehead atoms. The zero-order valence-electron chi connectivity index (χ0n) is 31.4. The maximum atomic E-state index is 13.4. The van der Waals surface area contributed by atoms with E-state index in [1.165, 1.54) is 116 Å². The molecule has 0 spiro atoms. The average molecular weight is 673 g/mol. The fourth-order valence-electron chi connectivity index (χ4n) is 6.07. The largest absolute Gasteiger partial charge is 0.462 e. The average Bonchev–Trinajstić information content (AvgIpc) is 3.10. The molecule has 0 fully saturated rings. The number of benzene rings is 1. The zero-order chi connectivity index (χ0) is 34.9. The third-order valence-corrected chi connectivity index (χ3v) is 9.15. The molecule has 0 unspecified atom stereocenters. The predicted octanol–water partition coefficient (Wildman–Crippen LogP) is 12.7. The third-order valence-electron chi connectivity index (χ3n) is 9.15. The highest BCUT2D eigenvalue weighted by molar-refractivity contribution is 6.10. The zero-order valence-corrected chi connectivity index (χ0v) is 31.4. The Morgan fingerprint density at radius 3 is 0.917 bits per heavy atom. The van der Waals surface area contributed by atoms with Crippen LogP contribution in [0.2, 0.25) is 0 Å². The lowest BCUT2D eigenvalue weighted by atomic mass is 10.0. The summed E-state index contributed by atoms with van der Waals surface area (Å²) in [5, 5.41) is 0. The molecule has 0 aromatic heterocycles. The van der Waals surface area contributed by atoms with Crippen molar-refractivity contribution in [3.8, 4) is 0 Å². The highest BCUT2D eigenvalue weighted by Gasteiger charge is 2.27. The Labute approximate surface area is 294 Å². The highest BCUT2D eigenvalue weighted by Crippen LogP contribution is 2.21. The minimum Gasteiger partial charge on any atom is -0.462 e. The van der Waals surface area contributed by atoms with E-state index in [0.29, 0.717) is 0 Å². The van der Waals surface area contributed by atoms with Crippen molar-refractivity contribution in [2.45, 2.75) is 194 Å². The predicted molar refractivity (Wildman–Crippen MR) is 199 cm³/mol. The van der Waals surface area contributed by atoms with Gasteiger partial charge in [0, 0.05) is 0 Å². The first-order chi connectivity index (χ1) is 23.6. The SMILES string of the molecule is CCCCCCCCCCCOC(=O)c1cccc(C(=O)OCCCCCCCCCCC)c1C(=O)OCCCCCCCCCCC. The lowest BCUT2D eigenvalue weighted by Crippen LogP contribution is -2.20. The van der Waals surface area contributed by atoms with E-state index in [9.17, 15) is 14.4 Å². The Morgan fingerprint density at radius 1 is 0.375 bits per heavy atom. The van der Waals surface area contributed by atoms with Gasteiger partial charge in [0.25, 0.3) is 0 Å². The van der Waals surface area contributed by atoms with Crippen molar-refractivity contribution in [2.24, 2.45) is 0 Å². The molecule has 48 heavy (non-hydrogen) atoms. The Hall–Kier alpha value is -2.37. The molecule has 1 rings (SSSR count). The fraction of sp³-hybridized carbons (Fsp3) is 0.786. The third kappa shape index (κ3) is 22.3. The molecular formula is C42H72O6. The molecule has 1 aromatic carbocycles. The molecule has 0 aliphatic rings. The molecule has 0 radical (unpaired) electrons. The number of hydrogen-bond acceptors (Lipinski definition) is 6. The monoisotopic (exact) mass is 673 g/mol. The van der Waals surface area contributed by atoms with Gasteiger partial charge in [-0.25, -0.2) is 14.4 Å². The molecule has 276 valence electrons. The Morgan fingerprint density at radius 2 is 0.625 bits per heavy atom. The number of rotatable bonds is 33. The number of carbonyl (C=O) groups is 3. The summed E-state index contributed by atoms with van der Waals surface area (Å²) in [6, 6.07) is 4.71. The van der Waals surface area contributed by atoms with Crippen LogP contribution in [0.15, 0.2) is 18.2 Å². The summed E-state index contributed by atoms with van der Waals surface area (Å²) >= 11 is 0. The molecule has 0 saturated carbocycles. The van der Waals surface area contributed by atoms with Crippen molar-refractivity contribution >= 4 is 17.9 Å². The molecule has 0 heterocycles. The van der Waals surface area contributed by atoms with Crippen molar-refractivity contribution in [2.75, 3.05) is 19.8 Å². The summed E-state index contributed by atoms with van der Waals surface area (Å²) in [4.78, 5) is 39.7. The van der Waals surface area contributed by atoms with Gasteiger partial charge in [-0.1, -0.05) is 181 Å². The van der Waals surface area contributed by atoms with Crippen LogP contribution in [0.3, 0.4) is 0 Å². The van der Waals surface area contributed by atoms with Gasteiger partial charge in [0.15, 0.2) is 0 Å². The molecule has 6 nitrogen and oxygen atoms in total. The number of esters is 3. The van der Waals surface area contributed by atoms with Crippen LogP contribution < -0.4 is 0 Å². The van der Waals surface area contributed by atoms with E-state index in [0.717, 1.165) is 57.8 Å². The second-order valence-corrected chi connectivity index (χ2v) is 13.6. The van der Waals surface area contributed by atoms with E-state index >= 15 is 0 Å². The van der Waals surface area contributed by atoms with Crippen molar-refractivity contribution in [1.29, 1.82) is 0 Å². The molecule has 1 aromatic rings. The number of ether oxygens (including phenoxy) is 3. The molecule has 0 N–H and O–H groups in total. The summed E-state index contributed by atoms with van der Waals surface area (Å²) < 4.78 is 16.8. The molecule has 6 heteroatoms. The van der Waals surface area contributed by atoms with E-state index in [1.54, 1.807) is 18.2 Å². The van der Waals surface area contributed by atoms with Gasteiger partial charge in [-0.2, -0.15) is 0 Å². The molecular weight excluding hydrogens is 600 g/mol. The van der Waals surface area contributed by atoms with Gasteiger partial charge >= 0.3 is 17.9 Å². The standard InChI is InChI=1S/C42H72O6/c1-4-7-10-13-16-19-22-25-28-34-46-40(43)37-32-31-33-38(41(44)47-35-29-26-23-20-17-14-11-8-5-2)39(37)42(45)48-36-30-27-24-21-18-15-12-9-6-3/h31-33H,4-30,34-36H2,1-3H3. The van der Waals surface area contributed by atoms with Gasteiger partial charge in [-0.05, 0) is 31.4 Å². The van der Waals surface area contributed by atoms with Crippen LogP contribution in [-0.2, 0) is 14.2 Å². The van der Waals surface area contributed by atoms with Crippen LogP contribution in [-0.4, -0.2) is 37.7 Å². The normalized spacial score (nSPS) is 11.1. The Balaban J connectivity index is 2.66. The molecule has 0 aliphatic carbocycles. The summed E-state index contributed by atoms with van der Waals surface area (Å²) in [5.74, 6) is -1.86. The number of carbonyl (C=O) groups excluding carboxylic acids is 3. The van der Waals surface area contributed by atoms with Crippen molar-refractivity contribution in [3.05, 3.63) is 34.9 Å². The second-order valence-electron chi connectivity index (χ2n) is 13.6. The van der Waals surface area contributed by atoms with Crippen molar-refractivity contribution in [1.82, 2.24) is 0 Å². The topological polar surface area (TPSA) is 78.9 Å². The van der Waals surface area contributed by atoms with Gasteiger partial charge in [0.05, 0.1) is 36.5 Å². The van der Waals surface area contributed by atoms with E-state index in [-0.39, 0.29) is 36.5 Å². The lowest BCUT2D eigenvalue weighted by Gasteiger charge is -2.14. The van der Waals surface area contributed by atoms with Crippen LogP contribution >= 0.6 is 0 Å². The fourth-order valence-corrected chi connectivity index (χ4v) is 6.07. The van der Waals surface area contributed by atoms with Gasteiger partial charge < -0.3 is 14.2 Å². The molecule has 0 aliphatic heterocycles. The van der Waals surface area contributed by atoms with Gasteiger partial charge in [0.1, 0.15) is 0 Å². The first-order valence-electron chi connectivity index (χ1n) is 20.2. The lowest BCUT2D eigenvalue weighted by molar-refractivity contribution is 0.0430. The first kappa shape index (κ1) is 43.7.